The van der Waals surface area contributed by atoms with Crippen LogP contribution in [0, 0.1) is 12.8 Å². The Morgan fingerprint density at radius 2 is 2.11 bits per heavy atom. The van der Waals surface area contributed by atoms with E-state index in [4.69, 9.17) is 5.11 Å². The van der Waals surface area contributed by atoms with Crippen molar-refractivity contribution in [1.29, 1.82) is 0 Å². The van der Waals surface area contributed by atoms with E-state index in [-0.39, 0.29) is 5.92 Å². The average Bonchev–Trinajstić information content (AvgIpc) is 2.30. The van der Waals surface area contributed by atoms with Gasteiger partial charge >= 0.3 is 12.0 Å². The largest absolute Gasteiger partial charge is 0.480 e. The Hall–Kier alpha value is -2.11. The van der Waals surface area contributed by atoms with Crippen LogP contribution < -0.4 is 10.6 Å². The molecule has 0 spiro atoms. The number of anilines is 1. The van der Waals surface area contributed by atoms with Crippen molar-refractivity contribution in [2.24, 2.45) is 5.92 Å². The van der Waals surface area contributed by atoms with E-state index < -0.39 is 18.0 Å². The number of aromatic nitrogens is 1. The summed E-state index contributed by atoms with van der Waals surface area (Å²) in [5.41, 5.74) is 1.43. The summed E-state index contributed by atoms with van der Waals surface area (Å²) < 4.78 is 0. The van der Waals surface area contributed by atoms with Gasteiger partial charge in [0, 0.05) is 6.20 Å². The predicted octanol–water partition coefficient (Wildman–Crippen LogP) is 2.01. The molecular weight excluding hydrogens is 246 g/mol. The van der Waals surface area contributed by atoms with Crippen LogP contribution in [-0.2, 0) is 4.79 Å². The van der Waals surface area contributed by atoms with E-state index in [0.29, 0.717) is 12.1 Å². The Morgan fingerprint density at radius 3 is 2.63 bits per heavy atom. The topological polar surface area (TPSA) is 91.3 Å². The monoisotopic (exact) mass is 265 g/mol. The molecule has 1 rings (SSSR count). The Morgan fingerprint density at radius 1 is 1.42 bits per heavy atom. The van der Waals surface area contributed by atoms with Gasteiger partial charge in [-0.15, -0.1) is 0 Å². The summed E-state index contributed by atoms with van der Waals surface area (Å²) in [5.74, 6) is -0.853. The number of pyridine rings is 1. The molecule has 104 valence electrons. The van der Waals surface area contributed by atoms with E-state index in [9.17, 15) is 9.59 Å². The zero-order chi connectivity index (χ0) is 14.4. The minimum Gasteiger partial charge on any atom is -0.480 e. The molecule has 1 heterocycles. The van der Waals surface area contributed by atoms with E-state index in [1.165, 1.54) is 6.20 Å². The van der Waals surface area contributed by atoms with Crippen LogP contribution in [-0.4, -0.2) is 28.1 Å². The maximum atomic E-state index is 11.7. The lowest BCUT2D eigenvalue weighted by Gasteiger charge is -2.17. The van der Waals surface area contributed by atoms with Crippen LogP contribution in [0.3, 0.4) is 0 Å². The van der Waals surface area contributed by atoms with Gasteiger partial charge < -0.3 is 15.7 Å². The van der Waals surface area contributed by atoms with Crippen LogP contribution in [0.4, 0.5) is 10.5 Å². The predicted molar refractivity (Wildman–Crippen MR) is 72.0 cm³/mol. The van der Waals surface area contributed by atoms with Crippen molar-refractivity contribution in [2.45, 2.75) is 33.2 Å². The molecule has 1 atom stereocenters. The molecule has 0 radical (unpaired) electrons. The molecule has 0 aliphatic rings. The smallest absolute Gasteiger partial charge is 0.326 e. The lowest BCUT2D eigenvalue weighted by atomic mass is 10.0. The first-order valence-electron chi connectivity index (χ1n) is 6.11. The highest BCUT2D eigenvalue weighted by molar-refractivity contribution is 5.92. The van der Waals surface area contributed by atoms with Crippen molar-refractivity contribution in [2.75, 3.05) is 5.32 Å². The molecular formula is C13H19N3O3. The Balaban J connectivity index is 2.63. The van der Waals surface area contributed by atoms with E-state index >= 15 is 0 Å². The first-order valence-corrected chi connectivity index (χ1v) is 6.11. The molecule has 6 heteroatoms. The number of rotatable bonds is 5. The number of amides is 2. The number of carbonyl (C=O) groups is 2. The van der Waals surface area contributed by atoms with Crippen LogP contribution in [0.15, 0.2) is 18.5 Å². The number of hydrogen-bond acceptors (Lipinski definition) is 3. The van der Waals surface area contributed by atoms with Gasteiger partial charge in [-0.05, 0) is 30.9 Å². The van der Waals surface area contributed by atoms with E-state index in [1.807, 2.05) is 20.8 Å². The molecule has 0 saturated heterocycles. The van der Waals surface area contributed by atoms with Gasteiger partial charge in [-0.3, -0.25) is 4.98 Å². The third-order valence-electron chi connectivity index (χ3n) is 2.60. The molecule has 0 aliphatic carbocycles. The third kappa shape index (κ3) is 4.95. The van der Waals surface area contributed by atoms with Gasteiger partial charge in [0.25, 0.3) is 0 Å². The van der Waals surface area contributed by atoms with Gasteiger partial charge in [0.15, 0.2) is 0 Å². The van der Waals surface area contributed by atoms with Crippen molar-refractivity contribution in [3.63, 3.8) is 0 Å². The molecule has 0 saturated carbocycles. The number of carboxylic acid groups (broad SMARTS) is 1. The number of urea groups is 1. The SMILES string of the molecule is Cc1ccncc1NC(=O)NC(CC(C)C)C(=O)O. The van der Waals surface area contributed by atoms with Crippen LogP contribution in [0.2, 0.25) is 0 Å². The van der Waals surface area contributed by atoms with E-state index in [2.05, 4.69) is 15.6 Å². The van der Waals surface area contributed by atoms with E-state index in [1.54, 1.807) is 12.3 Å². The number of carbonyl (C=O) groups excluding carboxylic acids is 1. The van der Waals surface area contributed by atoms with Gasteiger partial charge in [-0.2, -0.15) is 0 Å². The third-order valence-corrected chi connectivity index (χ3v) is 2.60. The van der Waals surface area contributed by atoms with Gasteiger partial charge in [-0.1, -0.05) is 13.8 Å². The minimum absolute atomic E-state index is 0.182. The second-order valence-corrected chi connectivity index (χ2v) is 4.81. The summed E-state index contributed by atoms with van der Waals surface area (Å²) >= 11 is 0. The highest BCUT2D eigenvalue weighted by atomic mass is 16.4. The van der Waals surface area contributed by atoms with Crippen molar-refractivity contribution < 1.29 is 14.7 Å². The first kappa shape index (κ1) is 14.9. The van der Waals surface area contributed by atoms with Crippen LogP contribution in [0.25, 0.3) is 0 Å². The summed E-state index contributed by atoms with van der Waals surface area (Å²) in [6.45, 7) is 5.64. The Kier molecular flexibility index (Phi) is 5.29. The minimum atomic E-state index is -1.04. The Labute approximate surface area is 112 Å². The number of nitrogens with one attached hydrogen (secondary N) is 2. The summed E-state index contributed by atoms with van der Waals surface area (Å²) in [6.07, 6.45) is 3.53. The van der Waals surface area contributed by atoms with E-state index in [0.717, 1.165) is 5.56 Å². The molecule has 0 aromatic carbocycles. The zero-order valence-electron chi connectivity index (χ0n) is 11.3. The fourth-order valence-electron chi connectivity index (χ4n) is 1.60. The maximum absolute atomic E-state index is 11.7. The average molecular weight is 265 g/mol. The molecule has 6 nitrogen and oxygen atoms in total. The molecule has 0 bridgehead atoms. The molecule has 3 N–H and O–H groups in total. The lowest BCUT2D eigenvalue weighted by molar-refractivity contribution is -0.139. The summed E-state index contributed by atoms with van der Waals surface area (Å²) in [4.78, 5) is 26.7. The quantitative estimate of drug-likeness (QED) is 0.759. The standard InChI is InChI=1S/C13H19N3O3/c1-8(2)6-10(12(17)18)15-13(19)16-11-7-14-5-4-9(11)3/h4-5,7-8,10H,6H2,1-3H3,(H,17,18)(H2,15,16,19). The number of aliphatic carboxylic acids is 1. The lowest BCUT2D eigenvalue weighted by Crippen LogP contribution is -2.43. The van der Waals surface area contributed by atoms with Crippen molar-refractivity contribution in [3.8, 4) is 0 Å². The molecule has 1 aromatic rings. The van der Waals surface area contributed by atoms with Gasteiger partial charge in [0.1, 0.15) is 6.04 Å². The molecule has 0 aliphatic heterocycles. The summed E-state index contributed by atoms with van der Waals surface area (Å²) in [6, 6.07) is 0.333. The summed E-state index contributed by atoms with van der Waals surface area (Å²) in [7, 11) is 0. The van der Waals surface area contributed by atoms with Gasteiger partial charge in [0.2, 0.25) is 0 Å². The Bertz CT molecular complexity index is 460. The van der Waals surface area contributed by atoms with Crippen molar-refractivity contribution in [3.05, 3.63) is 24.0 Å². The van der Waals surface area contributed by atoms with Gasteiger partial charge in [-0.25, -0.2) is 9.59 Å². The van der Waals surface area contributed by atoms with Crippen LogP contribution >= 0.6 is 0 Å². The van der Waals surface area contributed by atoms with Crippen molar-refractivity contribution in [1.82, 2.24) is 10.3 Å². The second kappa shape index (κ2) is 6.72. The second-order valence-electron chi connectivity index (χ2n) is 4.81. The molecule has 19 heavy (non-hydrogen) atoms. The van der Waals surface area contributed by atoms with Gasteiger partial charge in [0.05, 0.1) is 11.9 Å². The normalized spacial score (nSPS) is 12.0. The highest BCUT2D eigenvalue weighted by Crippen LogP contribution is 2.11. The molecule has 0 fully saturated rings. The molecule has 1 aromatic heterocycles. The maximum Gasteiger partial charge on any atom is 0.326 e. The number of carboxylic acids is 1. The first-order chi connectivity index (χ1) is 8.90. The van der Waals surface area contributed by atoms with Crippen molar-refractivity contribution >= 4 is 17.7 Å². The number of hydrogen-bond donors (Lipinski definition) is 3. The fraction of sp³-hybridized carbons (Fsp3) is 0.462. The number of nitrogens with zero attached hydrogens (tertiary/aromatic N) is 1. The fourth-order valence-corrected chi connectivity index (χ4v) is 1.60. The number of aryl methyl sites for hydroxylation is 1. The van der Waals surface area contributed by atoms with Crippen LogP contribution in [0.5, 0.6) is 0 Å². The van der Waals surface area contributed by atoms with Crippen LogP contribution in [0.1, 0.15) is 25.8 Å². The highest BCUT2D eigenvalue weighted by Gasteiger charge is 2.21. The molecule has 2 amide bonds. The zero-order valence-corrected chi connectivity index (χ0v) is 11.3. The molecule has 1 unspecified atom stereocenters. The summed E-state index contributed by atoms with van der Waals surface area (Å²) in [5, 5.41) is 14.1.